The van der Waals surface area contributed by atoms with E-state index in [4.69, 9.17) is 10.5 Å². The summed E-state index contributed by atoms with van der Waals surface area (Å²) in [4.78, 5) is 37.3. The predicted octanol–water partition coefficient (Wildman–Crippen LogP) is 0.224. The first kappa shape index (κ1) is 21.4. The molecule has 180 valence electrons. The van der Waals surface area contributed by atoms with Crippen LogP contribution in [-0.2, 0) is 11.8 Å². The van der Waals surface area contributed by atoms with E-state index in [1.165, 1.54) is 0 Å². The van der Waals surface area contributed by atoms with Gasteiger partial charge in [-0.25, -0.2) is 15.0 Å². The van der Waals surface area contributed by atoms with E-state index in [1.807, 2.05) is 30.7 Å². The maximum atomic E-state index is 12.5. The highest BCUT2D eigenvalue weighted by Crippen LogP contribution is 2.34. The normalized spacial score (nSPS) is 20.4. The maximum Gasteiger partial charge on any atom is 0.280 e. The Kier molecular flexibility index (Phi) is 4.70. The Morgan fingerprint density at radius 1 is 1.20 bits per heavy atom. The van der Waals surface area contributed by atoms with Gasteiger partial charge in [0.2, 0.25) is 17.8 Å². The van der Waals surface area contributed by atoms with Crippen molar-refractivity contribution in [1.29, 1.82) is 0 Å². The number of nitrogens with two attached hydrogens (primary N) is 1. The number of nitrogens with one attached hydrogen (secondary N) is 2. The molecular weight excluding hydrogens is 456 g/mol. The fourth-order valence-corrected chi connectivity index (χ4v) is 4.40. The number of fused-ring (bicyclic) bond motifs is 3. The van der Waals surface area contributed by atoms with Crippen LogP contribution in [0.2, 0.25) is 0 Å². The van der Waals surface area contributed by atoms with Gasteiger partial charge < -0.3 is 25.3 Å². The van der Waals surface area contributed by atoms with Gasteiger partial charge in [0.25, 0.3) is 5.56 Å². The smallest absolute Gasteiger partial charge is 0.280 e. The molecule has 0 aliphatic carbocycles. The highest BCUT2D eigenvalue weighted by Gasteiger charge is 2.37. The predicted molar refractivity (Wildman–Crippen MR) is 126 cm³/mol. The van der Waals surface area contributed by atoms with E-state index in [0.29, 0.717) is 11.5 Å². The second-order valence-electron chi connectivity index (χ2n) is 8.50. The monoisotopic (exact) mass is 478 g/mol. The van der Waals surface area contributed by atoms with Crippen LogP contribution in [0, 0.1) is 6.92 Å². The lowest BCUT2D eigenvalue weighted by Crippen LogP contribution is -2.24. The summed E-state index contributed by atoms with van der Waals surface area (Å²) in [6.07, 6.45) is -0.572. The number of hydrogen-bond donors (Lipinski definition) is 5. The average Bonchev–Trinajstić information content (AvgIpc) is 3.45. The lowest BCUT2D eigenvalue weighted by Gasteiger charge is -2.17. The number of aromatic amines is 1. The third-order valence-corrected chi connectivity index (χ3v) is 6.13. The number of nitrogen functional groups attached to an aromatic ring is 1. The zero-order chi connectivity index (χ0) is 24.4. The van der Waals surface area contributed by atoms with E-state index in [0.717, 1.165) is 22.2 Å². The molecule has 6 rings (SSSR count). The molecule has 4 aromatic heterocycles. The van der Waals surface area contributed by atoms with Crippen LogP contribution in [0.4, 0.5) is 17.8 Å². The Balaban J connectivity index is 1.50. The number of aromatic nitrogens is 8. The molecule has 1 aliphatic rings. The van der Waals surface area contributed by atoms with Crippen molar-refractivity contribution < 1.29 is 14.9 Å². The number of imidazole rings is 2. The van der Waals surface area contributed by atoms with Gasteiger partial charge in [0, 0.05) is 19.7 Å². The van der Waals surface area contributed by atoms with Crippen LogP contribution in [0.5, 0.6) is 0 Å². The highest BCUT2D eigenvalue weighted by atomic mass is 16.5. The van der Waals surface area contributed by atoms with Crippen LogP contribution in [0.1, 0.15) is 18.3 Å². The molecule has 0 bridgehead atoms. The van der Waals surface area contributed by atoms with Crippen LogP contribution < -0.4 is 16.6 Å². The molecule has 35 heavy (non-hydrogen) atoms. The number of rotatable bonds is 4. The lowest BCUT2D eigenvalue weighted by atomic mass is 10.2. The molecule has 1 unspecified atom stereocenters. The van der Waals surface area contributed by atoms with Crippen molar-refractivity contribution in [2.45, 2.75) is 31.8 Å². The fourth-order valence-electron chi connectivity index (χ4n) is 4.40. The van der Waals surface area contributed by atoms with Crippen LogP contribution in [0.3, 0.4) is 0 Å². The zero-order valence-electron chi connectivity index (χ0n) is 18.8. The SMILES string of the molecule is Cc1cnc2cc3c(cc2n1)nc(Nc1nc2c(=O)[nH]c(N)nc2n1[C@H]1CC(O)[C@@H](CO)O1)n3C. The van der Waals surface area contributed by atoms with Crippen molar-refractivity contribution in [3.8, 4) is 0 Å². The molecule has 0 amide bonds. The van der Waals surface area contributed by atoms with Crippen molar-refractivity contribution in [2.24, 2.45) is 7.05 Å². The van der Waals surface area contributed by atoms with Gasteiger partial charge in [-0.15, -0.1) is 0 Å². The summed E-state index contributed by atoms with van der Waals surface area (Å²) < 4.78 is 9.20. The van der Waals surface area contributed by atoms with E-state index in [2.05, 4.69) is 35.2 Å². The number of aliphatic hydroxyl groups is 2. The average molecular weight is 478 g/mol. The molecule has 14 heteroatoms. The van der Waals surface area contributed by atoms with Crippen LogP contribution >= 0.6 is 0 Å². The van der Waals surface area contributed by atoms with Crippen molar-refractivity contribution in [3.63, 3.8) is 0 Å². The first-order valence-corrected chi connectivity index (χ1v) is 10.9. The lowest BCUT2D eigenvalue weighted by molar-refractivity contribution is -0.0425. The number of benzene rings is 1. The number of hydrogen-bond acceptors (Lipinski definition) is 11. The molecule has 1 aromatic carbocycles. The number of aryl methyl sites for hydroxylation is 2. The number of anilines is 3. The largest absolute Gasteiger partial charge is 0.394 e. The zero-order valence-corrected chi connectivity index (χ0v) is 18.8. The summed E-state index contributed by atoms with van der Waals surface area (Å²) in [7, 11) is 1.83. The summed E-state index contributed by atoms with van der Waals surface area (Å²) in [6, 6.07) is 3.75. The quantitative estimate of drug-likeness (QED) is 0.237. The van der Waals surface area contributed by atoms with E-state index < -0.39 is 24.0 Å². The van der Waals surface area contributed by atoms with Crippen molar-refractivity contribution >= 4 is 51.1 Å². The molecule has 1 saturated heterocycles. The molecule has 0 radical (unpaired) electrons. The minimum absolute atomic E-state index is 0.0422. The summed E-state index contributed by atoms with van der Waals surface area (Å²) in [5.74, 6) is 0.567. The van der Waals surface area contributed by atoms with Gasteiger partial charge in [0.15, 0.2) is 11.2 Å². The minimum Gasteiger partial charge on any atom is -0.394 e. The second-order valence-corrected chi connectivity index (χ2v) is 8.50. The molecule has 6 N–H and O–H groups in total. The standard InChI is InChI=1S/C21H22N10O4/c1-8-6-23-9-4-12-11(3-10(9)24-8)25-20(30(12)2)29-21-26-16-17(27-19(22)28-18(16)34)31(21)15-5-13(33)14(7-32)35-15/h3-4,6,13-15,32-33H,5,7H2,1-2H3,(H,25,26,29)(H3,22,27,28,34)/t13?,14-,15-/m1/s1. The molecular formula is C21H22N10O4. The number of H-pyrrole nitrogens is 1. The molecule has 1 aliphatic heterocycles. The third-order valence-electron chi connectivity index (χ3n) is 6.13. The van der Waals surface area contributed by atoms with Crippen molar-refractivity contribution in [3.05, 3.63) is 34.4 Å². The highest BCUT2D eigenvalue weighted by molar-refractivity contribution is 5.92. The van der Waals surface area contributed by atoms with Crippen molar-refractivity contribution in [2.75, 3.05) is 17.7 Å². The van der Waals surface area contributed by atoms with E-state index in [-0.39, 0.29) is 36.1 Å². The summed E-state index contributed by atoms with van der Waals surface area (Å²) in [5.41, 5.74) is 9.26. The second kappa shape index (κ2) is 7.69. The number of aliphatic hydroxyl groups excluding tert-OH is 2. The van der Waals surface area contributed by atoms with Gasteiger partial charge in [0.1, 0.15) is 12.3 Å². The first-order chi connectivity index (χ1) is 16.8. The third kappa shape index (κ3) is 3.38. The van der Waals surface area contributed by atoms with Gasteiger partial charge in [-0.1, -0.05) is 0 Å². The molecule has 5 aromatic rings. The van der Waals surface area contributed by atoms with Gasteiger partial charge >= 0.3 is 0 Å². The van der Waals surface area contributed by atoms with Crippen LogP contribution in [0.15, 0.2) is 23.1 Å². The Hall–Kier alpha value is -4.14. The Morgan fingerprint density at radius 3 is 2.80 bits per heavy atom. The fraction of sp³-hybridized carbons (Fsp3) is 0.333. The van der Waals surface area contributed by atoms with Gasteiger partial charge in [-0.2, -0.15) is 4.98 Å². The Labute approximate surface area is 196 Å². The molecule has 1 fully saturated rings. The van der Waals surface area contributed by atoms with Gasteiger partial charge in [-0.05, 0) is 19.1 Å². The van der Waals surface area contributed by atoms with Crippen LogP contribution in [-0.4, -0.2) is 68.1 Å². The van der Waals surface area contributed by atoms with E-state index >= 15 is 0 Å². The summed E-state index contributed by atoms with van der Waals surface area (Å²) in [5, 5.41) is 23.0. The van der Waals surface area contributed by atoms with Crippen molar-refractivity contribution in [1.82, 2.24) is 39.0 Å². The first-order valence-electron chi connectivity index (χ1n) is 10.9. The van der Waals surface area contributed by atoms with Crippen LogP contribution in [0.25, 0.3) is 33.2 Å². The number of nitrogens with zero attached hydrogens (tertiary/aromatic N) is 7. The van der Waals surface area contributed by atoms with Gasteiger partial charge in [0.05, 0.1) is 40.5 Å². The van der Waals surface area contributed by atoms with E-state index in [1.54, 1.807) is 10.8 Å². The molecule has 0 saturated carbocycles. The molecule has 14 nitrogen and oxygen atoms in total. The molecule has 5 heterocycles. The summed E-state index contributed by atoms with van der Waals surface area (Å²) in [6.45, 7) is 1.52. The topological polar surface area (TPSA) is 195 Å². The Morgan fingerprint density at radius 2 is 2.03 bits per heavy atom. The summed E-state index contributed by atoms with van der Waals surface area (Å²) >= 11 is 0. The maximum absolute atomic E-state index is 12.5. The van der Waals surface area contributed by atoms with E-state index in [9.17, 15) is 15.0 Å². The van der Waals surface area contributed by atoms with Gasteiger partial charge in [-0.3, -0.25) is 24.6 Å². The minimum atomic E-state index is -0.902. The molecule has 3 atom stereocenters. The Bertz CT molecular complexity index is 1670. The number of ether oxygens (including phenoxy) is 1. The molecule has 0 spiro atoms.